The van der Waals surface area contributed by atoms with E-state index >= 15 is 0 Å². The second kappa shape index (κ2) is 4.49. The predicted octanol–water partition coefficient (Wildman–Crippen LogP) is -0.213. The van der Waals surface area contributed by atoms with E-state index in [4.69, 9.17) is 17.2 Å². The average Bonchev–Trinajstić information content (AvgIpc) is 2.00. The van der Waals surface area contributed by atoms with Gasteiger partial charge < -0.3 is 17.2 Å². The maximum Gasteiger partial charge on any atom is 0.218 e. The summed E-state index contributed by atoms with van der Waals surface area (Å²) in [6.45, 7) is 8.17. The number of hydrogen-bond donors (Lipinski definition) is 3. The van der Waals surface area contributed by atoms with Crippen molar-refractivity contribution in [2.24, 2.45) is 32.6 Å². The monoisotopic (exact) mass is 183 g/mol. The van der Waals surface area contributed by atoms with Gasteiger partial charge in [0.25, 0.3) is 0 Å². The van der Waals surface area contributed by atoms with E-state index in [0.29, 0.717) is 6.54 Å². The highest BCUT2D eigenvalue weighted by Gasteiger charge is 2.11. The molecule has 0 aliphatic rings. The number of aliphatic imine (C=N–C) groups is 2. The molecule has 0 aromatic rings. The molecule has 0 fully saturated rings. The largest absolute Gasteiger partial charge is 0.370 e. The Morgan fingerprint density at radius 1 is 1.38 bits per heavy atom. The van der Waals surface area contributed by atoms with Gasteiger partial charge in [-0.25, -0.2) is 0 Å². The van der Waals surface area contributed by atoms with Gasteiger partial charge in [0.05, 0.1) is 6.54 Å². The van der Waals surface area contributed by atoms with Gasteiger partial charge in [0, 0.05) is 5.41 Å². The van der Waals surface area contributed by atoms with Gasteiger partial charge in [0.1, 0.15) is 0 Å². The Morgan fingerprint density at radius 2 is 1.92 bits per heavy atom. The minimum Gasteiger partial charge on any atom is -0.370 e. The van der Waals surface area contributed by atoms with Crippen molar-refractivity contribution in [3.63, 3.8) is 0 Å². The van der Waals surface area contributed by atoms with Gasteiger partial charge in [0.2, 0.25) is 5.96 Å². The third-order valence-electron chi connectivity index (χ3n) is 1.44. The molecule has 0 heterocycles. The van der Waals surface area contributed by atoms with Crippen LogP contribution in [0.15, 0.2) is 22.6 Å². The van der Waals surface area contributed by atoms with Crippen molar-refractivity contribution in [2.45, 2.75) is 13.8 Å². The van der Waals surface area contributed by atoms with Crippen LogP contribution in [-0.4, -0.2) is 18.5 Å². The maximum atomic E-state index is 5.40. The number of rotatable bonds is 3. The summed E-state index contributed by atoms with van der Waals surface area (Å²) in [5, 5.41) is 0. The number of guanidine groups is 2. The van der Waals surface area contributed by atoms with Gasteiger partial charge in [0.15, 0.2) is 5.96 Å². The summed E-state index contributed by atoms with van der Waals surface area (Å²) in [4.78, 5) is 7.56. The molecule has 0 bridgehead atoms. The molecule has 74 valence electrons. The van der Waals surface area contributed by atoms with E-state index in [1.54, 1.807) is 6.08 Å². The third-order valence-corrected chi connectivity index (χ3v) is 1.44. The fourth-order valence-electron chi connectivity index (χ4n) is 0.517. The molecule has 0 spiro atoms. The fraction of sp³-hybridized carbons (Fsp3) is 0.500. The molecule has 0 aliphatic carbocycles. The molecule has 0 aliphatic heterocycles. The summed E-state index contributed by atoms with van der Waals surface area (Å²) in [6, 6.07) is 0. The van der Waals surface area contributed by atoms with E-state index in [2.05, 4.69) is 16.6 Å². The van der Waals surface area contributed by atoms with Crippen molar-refractivity contribution in [1.29, 1.82) is 0 Å². The first-order valence-electron chi connectivity index (χ1n) is 3.90. The van der Waals surface area contributed by atoms with E-state index in [1.165, 1.54) is 0 Å². The van der Waals surface area contributed by atoms with Crippen molar-refractivity contribution in [3.8, 4) is 0 Å². The molecule has 5 heteroatoms. The van der Waals surface area contributed by atoms with Crippen molar-refractivity contribution in [3.05, 3.63) is 12.7 Å². The Morgan fingerprint density at radius 3 is 2.31 bits per heavy atom. The molecule has 0 rings (SSSR count). The summed E-state index contributed by atoms with van der Waals surface area (Å²) in [6.07, 6.45) is 1.80. The van der Waals surface area contributed by atoms with Crippen LogP contribution < -0.4 is 17.2 Å². The second-order valence-corrected chi connectivity index (χ2v) is 3.40. The zero-order valence-electron chi connectivity index (χ0n) is 8.12. The lowest BCUT2D eigenvalue weighted by Crippen LogP contribution is -2.27. The van der Waals surface area contributed by atoms with Crippen molar-refractivity contribution < 1.29 is 0 Å². The molecule has 6 N–H and O–H groups in total. The quantitative estimate of drug-likeness (QED) is 0.320. The smallest absolute Gasteiger partial charge is 0.218 e. The van der Waals surface area contributed by atoms with Crippen LogP contribution in [0.1, 0.15) is 13.8 Å². The van der Waals surface area contributed by atoms with Crippen LogP contribution in [0.25, 0.3) is 0 Å². The minimum atomic E-state index is -0.0937. The van der Waals surface area contributed by atoms with Crippen LogP contribution in [0.3, 0.4) is 0 Å². The van der Waals surface area contributed by atoms with Crippen LogP contribution in [0.5, 0.6) is 0 Å². The highest BCUT2D eigenvalue weighted by Crippen LogP contribution is 2.15. The van der Waals surface area contributed by atoms with Crippen LogP contribution >= 0.6 is 0 Å². The van der Waals surface area contributed by atoms with Crippen molar-refractivity contribution in [2.75, 3.05) is 6.54 Å². The lowest BCUT2D eigenvalue weighted by atomic mass is 9.94. The Bertz CT molecular complexity index is 235. The van der Waals surface area contributed by atoms with Crippen molar-refractivity contribution >= 4 is 11.9 Å². The topological polar surface area (TPSA) is 103 Å². The summed E-state index contributed by atoms with van der Waals surface area (Å²) >= 11 is 0. The van der Waals surface area contributed by atoms with Gasteiger partial charge >= 0.3 is 0 Å². The number of nitrogens with zero attached hydrogens (tertiary/aromatic N) is 2. The Hall–Kier alpha value is -1.52. The van der Waals surface area contributed by atoms with E-state index in [-0.39, 0.29) is 17.3 Å². The Balaban J connectivity index is 4.28. The van der Waals surface area contributed by atoms with Gasteiger partial charge in [-0.15, -0.1) is 6.58 Å². The Kier molecular flexibility index (Phi) is 3.97. The van der Waals surface area contributed by atoms with E-state index in [0.717, 1.165) is 0 Å². The second-order valence-electron chi connectivity index (χ2n) is 3.40. The summed E-state index contributed by atoms with van der Waals surface area (Å²) in [5.74, 6) is 0.00702. The standard InChI is InChI=1S/C8H17N5/c1-4-8(2,3)5-12-7(11)13-6(9)10/h4H,1,5H2,2-3H3,(H6,9,10,11,12,13). The number of hydrogen-bond acceptors (Lipinski definition) is 1. The number of nitrogens with two attached hydrogens (primary N) is 3. The van der Waals surface area contributed by atoms with Crippen LogP contribution in [0.2, 0.25) is 0 Å². The van der Waals surface area contributed by atoms with Gasteiger partial charge in [-0.2, -0.15) is 4.99 Å². The summed E-state index contributed by atoms with van der Waals surface area (Å²) in [7, 11) is 0. The van der Waals surface area contributed by atoms with E-state index in [1.807, 2.05) is 13.8 Å². The highest BCUT2D eigenvalue weighted by atomic mass is 15.1. The SMILES string of the molecule is C=CC(C)(C)CN=C(N)N=C(N)N. The summed E-state index contributed by atoms with van der Waals surface area (Å²) < 4.78 is 0. The van der Waals surface area contributed by atoms with Crippen LogP contribution in [-0.2, 0) is 0 Å². The minimum absolute atomic E-state index is 0.0855. The van der Waals surface area contributed by atoms with E-state index in [9.17, 15) is 0 Å². The molecule has 0 saturated carbocycles. The molecule has 13 heavy (non-hydrogen) atoms. The lowest BCUT2D eigenvalue weighted by molar-refractivity contribution is 0.497. The van der Waals surface area contributed by atoms with Crippen LogP contribution in [0, 0.1) is 5.41 Å². The van der Waals surface area contributed by atoms with Gasteiger partial charge in [-0.1, -0.05) is 19.9 Å². The molecule has 0 radical (unpaired) electrons. The molecule has 0 saturated heterocycles. The first kappa shape index (κ1) is 11.5. The van der Waals surface area contributed by atoms with Crippen molar-refractivity contribution in [1.82, 2.24) is 0 Å². The van der Waals surface area contributed by atoms with Gasteiger partial charge in [-0.3, -0.25) is 4.99 Å². The van der Waals surface area contributed by atoms with E-state index < -0.39 is 0 Å². The van der Waals surface area contributed by atoms with Crippen LogP contribution in [0.4, 0.5) is 0 Å². The Labute approximate surface area is 78.4 Å². The third kappa shape index (κ3) is 5.72. The molecule has 0 aromatic carbocycles. The zero-order chi connectivity index (χ0) is 10.5. The fourth-order valence-corrected chi connectivity index (χ4v) is 0.517. The predicted molar refractivity (Wildman–Crippen MR) is 56.3 cm³/mol. The molecule has 5 nitrogen and oxygen atoms in total. The molecule has 0 aromatic heterocycles. The highest BCUT2D eigenvalue weighted by molar-refractivity contribution is 5.92. The average molecular weight is 183 g/mol. The zero-order valence-corrected chi connectivity index (χ0v) is 8.12. The molecular formula is C8H17N5. The molecule has 0 atom stereocenters. The lowest BCUT2D eigenvalue weighted by Gasteiger charge is -2.15. The van der Waals surface area contributed by atoms with Gasteiger partial charge in [-0.05, 0) is 0 Å². The molecular weight excluding hydrogens is 166 g/mol. The molecule has 0 amide bonds. The normalized spacial score (nSPS) is 12.3. The summed E-state index contributed by atoms with van der Waals surface area (Å²) in [5.41, 5.74) is 15.5. The first-order valence-corrected chi connectivity index (χ1v) is 3.90. The molecule has 0 unspecified atom stereocenters. The first-order chi connectivity index (χ1) is 5.87. The maximum absolute atomic E-state index is 5.40.